The third-order valence-corrected chi connectivity index (χ3v) is 6.47. The SMILES string of the molecule is O=C(C(CCO)CCO)N1CCN(c2ncc(C(F)(F)F)cn2)CC1c1ccc(Cl)s1. The van der Waals surface area contributed by atoms with Crippen LogP contribution in [0.4, 0.5) is 19.1 Å². The number of carbonyl (C=O) groups is 1. The van der Waals surface area contributed by atoms with E-state index in [-0.39, 0.29) is 51.0 Å². The quantitative estimate of drug-likeness (QED) is 0.636. The second kappa shape index (κ2) is 10.1. The zero-order valence-corrected chi connectivity index (χ0v) is 18.0. The van der Waals surface area contributed by atoms with E-state index in [2.05, 4.69) is 9.97 Å². The highest BCUT2D eigenvalue weighted by atomic mass is 35.5. The Morgan fingerprint density at radius 1 is 1.19 bits per heavy atom. The van der Waals surface area contributed by atoms with Crippen molar-refractivity contribution in [2.24, 2.45) is 5.92 Å². The standard InChI is InChI=1S/C19H22ClF3N4O3S/c20-16-2-1-15(31-16)14-11-26(18-24-9-13(10-25-18)19(21,22)23)5-6-27(14)17(30)12(3-7-28)4-8-29/h1-2,9-10,12,14,28-29H,3-8,11H2. The van der Waals surface area contributed by atoms with Crippen LogP contribution in [0.25, 0.3) is 0 Å². The first-order valence-corrected chi connectivity index (χ1v) is 10.9. The Morgan fingerprint density at radius 3 is 2.35 bits per heavy atom. The molecular weight excluding hydrogens is 457 g/mol. The molecule has 0 aromatic carbocycles. The number of rotatable bonds is 7. The lowest BCUT2D eigenvalue weighted by atomic mass is 9.98. The van der Waals surface area contributed by atoms with Gasteiger partial charge in [0.1, 0.15) is 0 Å². The van der Waals surface area contributed by atoms with Gasteiger partial charge in [-0.2, -0.15) is 13.2 Å². The molecule has 1 saturated heterocycles. The highest BCUT2D eigenvalue weighted by Crippen LogP contribution is 2.35. The maximum absolute atomic E-state index is 13.2. The van der Waals surface area contributed by atoms with Gasteiger partial charge in [-0.15, -0.1) is 11.3 Å². The number of carbonyl (C=O) groups excluding carboxylic acids is 1. The molecule has 1 atom stereocenters. The lowest BCUT2D eigenvalue weighted by Gasteiger charge is -2.42. The molecule has 0 radical (unpaired) electrons. The molecule has 1 aliphatic rings. The molecule has 0 spiro atoms. The van der Waals surface area contributed by atoms with Crippen LogP contribution in [0.5, 0.6) is 0 Å². The highest BCUT2D eigenvalue weighted by Gasteiger charge is 2.37. The maximum atomic E-state index is 13.2. The van der Waals surface area contributed by atoms with Crippen LogP contribution in [-0.4, -0.2) is 63.8 Å². The number of thiophene rings is 1. The number of aliphatic hydroxyl groups is 2. The summed E-state index contributed by atoms with van der Waals surface area (Å²) in [5.74, 6) is -0.567. The Hall–Kier alpha value is -1.95. The average molecular weight is 479 g/mol. The largest absolute Gasteiger partial charge is 0.419 e. The Labute approximate surface area is 186 Å². The van der Waals surface area contributed by atoms with E-state index in [0.717, 1.165) is 17.3 Å². The van der Waals surface area contributed by atoms with Crippen molar-refractivity contribution in [3.05, 3.63) is 39.3 Å². The van der Waals surface area contributed by atoms with Gasteiger partial charge in [-0.3, -0.25) is 4.79 Å². The molecule has 0 saturated carbocycles. The van der Waals surface area contributed by atoms with E-state index in [4.69, 9.17) is 11.6 Å². The Balaban J connectivity index is 1.84. The average Bonchev–Trinajstić information content (AvgIpc) is 3.18. The molecule has 12 heteroatoms. The van der Waals surface area contributed by atoms with Crippen molar-refractivity contribution in [2.45, 2.75) is 25.1 Å². The summed E-state index contributed by atoms with van der Waals surface area (Å²) < 4.78 is 39.0. The molecule has 31 heavy (non-hydrogen) atoms. The van der Waals surface area contributed by atoms with Crippen molar-refractivity contribution in [2.75, 3.05) is 37.7 Å². The Bertz CT molecular complexity index is 875. The fourth-order valence-corrected chi connectivity index (χ4v) is 4.71. The fraction of sp³-hybridized carbons (Fsp3) is 0.526. The molecule has 1 fully saturated rings. The van der Waals surface area contributed by atoms with Gasteiger partial charge >= 0.3 is 6.18 Å². The summed E-state index contributed by atoms with van der Waals surface area (Å²) in [6, 6.07) is 3.11. The molecule has 1 aliphatic heterocycles. The minimum atomic E-state index is -4.52. The first-order chi connectivity index (χ1) is 14.7. The topological polar surface area (TPSA) is 89.8 Å². The summed E-state index contributed by atoms with van der Waals surface area (Å²) in [5, 5.41) is 18.6. The van der Waals surface area contributed by atoms with E-state index in [9.17, 15) is 28.2 Å². The number of hydrogen-bond acceptors (Lipinski definition) is 7. The summed E-state index contributed by atoms with van der Waals surface area (Å²) in [6.07, 6.45) is -2.56. The van der Waals surface area contributed by atoms with Gasteiger partial charge in [0.15, 0.2) is 0 Å². The van der Waals surface area contributed by atoms with Gasteiger partial charge in [0.2, 0.25) is 11.9 Å². The molecule has 0 aliphatic carbocycles. The van der Waals surface area contributed by atoms with Gasteiger partial charge in [-0.05, 0) is 25.0 Å². The summed E-state index contributed by atoms with van der Waals surface area (Å²) >= 11 is 7.40. The first-order valence-electron chi connectivity index (χ1n) is 9.66. The number of hydrogen-bond donors (Lipinski definition) is 2. The van der Waals surface area contributed by atoms with Crippen LogP contribution >= 0.6 is 22.9 Å². The minimum Gasteiger partial charge on any atom is -0.396 e. The first kappa shape index (κ1) is 23.7. The second-order valence-electron chi connectivity index (χ2n) is 7.13. The third-order valence-electron chi connectivity index (χ3n) is 5.14. The Kier molecular flexibility index (Phi) is 7.73. The summed E-state index contributed by atoms with van der Waals surface area (Å²) in [7, 11) is 0. The maximum Gasteiger partial charge on any atom is 0.419 e. The van der Waals surface area contributed by atoms with Gasteiger partial charge in [0.25, 0.3) is 0 Å². The molecule has 3 heterocycles. The molecular formula is C19H22ClF3N4O3S. The summed E-state index contributed by atoms with van der Waals surface area (Å²) in [5.41, 5.74) is -0.928. The van der Waals surface area contributed by atoms with Crippen molar-refractivity contribution >= 4 is 34.8 Å². The zero-order chi connectivity index (χ0) is 22.6. The monoisotopic (exact) mass is 478 g/mol. The van der Waals surface area contributed by atoms with Crippen molar-refractivity contribution in [3.63, 3.8) is 0 Å². The van der Waals surface area contributed by atoms with Gasteiger partial charge < -0.3 is 20.0 Å². The zero-order valence-electron chi connectivity index (χ0n) is 16.4. The molecule has 3 rings (SSSR count). The fourth-order valence-electron chi connectivity index (χ4n) is 3.55. The van der Waals surface area contributed by atoms with Gasteiger partial charge in [-0.25, -0.2) is 9.97 Å². The van der Waals surface area contributed by atoms with Crippen LogP contribution in [0.2, 0.25) is 4.34 Å². The van der Waals surface area contributed by atoms with Crippen molar-refractivity contribution in [1.82, 2.24) is 14.9 Å². The number of piperazine rings is 1. The molecule has 1 amide bonds. The molecule has 7 nitrogen and oxygen atoms in total. The van der Waals surface area contributed by atoms with Crippen LogP contribution in [0, 0.1) is 5.92 Å². The normalized spacial score (nSPS) is 17.5. The number of amides is 1. The molecule has 2 aromatic rings. The molecule has 170 valence electrons. The predicted molar refractivity (Wildman–Crippen MR) is 110 cm³/mol. The predicted octanol–water partition coefficient (Wildman–Crippen LogP) is 2.98. The second-order valence-corrected chi connectivity index (χ2v) is 8.87. The Morgan fingerprint density at radius 2 is 1.84 bits per heavy atom. The lowest BCUT2D eigenvalue weighted by molar-refractivity contribution is -0.140. The third kappa shape index (κ3) is 5.65. The lowest BCUT2D eigenvalue weighted by Crippen LogP contribution is -2.52. The van der Waals surface area contributed by atoms with E-state index in [1.54, 1.807) is 15.9 Å². The summed E-state index contributed by atoms with van der Waals surface area (Å²) in [6.45, 7) is 0.546. The number of nitrogens with zero attached hydrogens (tertiary/aromatic N) is 4. The van der Waals surface area contributed by atoms with Crippen molar-refractivity contribution in [1.29, 1.82) is 0 Å². The molecule has 1 unspecified atom stereocenters. The minimum absolute atomic E-state index is 0.148. The van der Waals surface area contributed by atoms with E-state index in [1.165, 1.54) is 11.3 Å². The number of aliphatic hydroxyl groups excluding tert-OH is 2. The van der Waals surface area contributed by atoms with E-state index >= 15 is 0 Å². The number of halogens is 4. The molecule has 0 bridgehead atoms. The number of aromatic nitrogens is 2. The van der Waals surface area contributed by atoms with Gasteiger partial charge in [-0.1, -0.05) is 11.6 Å². The highest BCUT2D eigenvalue weighted by molar-refractivity contribution is 7.16. The molecule has 2 aromatic heterocycles. The van der Waals surface area contributed by atoms with Gasteiger partial charge in [0.05, 0.1) is 15.9 Å². The van der Waals surface area contributed by atoms with Crippen LogP contribution in [-0.2, 0) is 11.0 Å². The van der Waals surface area contributed by atoms with Crippen LogP contribution in [0.15, 0.2) is 24.5 Å². The van der Waals surface area contributed by atoms with Gasteiger partial charge in [0, 0.05) is 56.0 Å². The molecule has 2 N–H and O–H groups in total. The van der Waals surface area contributed by atoms with Crippen molar-refractivity contribution < 1.29 is 28.2 Å². The van der Waals surface area contributed by atoms with E-state index < -0.39 is 23.7 Å². The van der Waals surface area contributed by atoms with E-state index in [1.807, 2.05) is 6.07 Å². The van der Waals surface area contributed by atoms with Crippen LogP contribution in [0.3, 0.4) is 0 Å². The van der Waals surface area contributed by atoms with Crippen LogP contribution in [0.1, 0.15) is 29.3 Å². The smallest absolute Gasteiger partial charge is 0.396 e. The number of alkyl halides is 3. The summed E-state index contributed by atoms with van der Waals surface area (Å²) in [4.78, 5) is 25.1. The number of anilines is 1. The van der Waals surface area contributed by atoms with Crippen LogP contribution < -0.4 is 4.90 Å². The van der Waals surface area contributed by atoms with Crippen molar-refractivity contribution in [3.8, 4) is 0 Å². The van der Waals surface area contributed by atoms with E-state index in [0.29, 0.717) is 10.9 Å².